The maximum absolute atomic E-state index is 12.2. The van der Waals surface area contributed by atoms with Crippen LogP contribution in [0, 0.1) is 0 Å². The summed E-state index contributed by atoms with van der Waals surface area (Å²) in [5, 5.41) is 0.464. The second-order valence-corrected chi connectivity index (χ2v) is 5.12. The number of rotatable bonds is 4. The zero-order chi connectivity index (χ0) is 15.4. The molecule has 21 heavy (non-hydrogen) atoms. The molecule has 0 bridgehead atoms. The molecule has 5 nitrogen and oxygen atoms in total. The Kier molecular flexibility index (Phi) is 4.65. The SMILES string of the molecule is CN(C)c1ccc(N)cc1C(=O)OCc1ccncc1Cl. The van der Waals surface area contributed by atoms with Crippen LogP contribution in [-0.4, -0.2) is 25.0 Å². The van der Waals surface area contributed by atoms with Crippen molar-refractivity contribution in [1.82, 2.24) is 4.98 Å². The highest BCUT2D eigenvalue weighted by Crippen LogP contribution is 2.23. The Morgan fingerprint density at radius 1 is 1.38 bits per heavy atom. The van der Waals surface area contributed by atoms with Crippen LogP contribution in [-0.2, 0) is 11.3 Å². The first kappa shape index (κ1) is 15.1. The third kappa shape index (κ3) is 3.64. The normalized spacial score (nSPS) is 10.2. The molecule has 2 N–H and O–H groups in total. The summed E-state index contributed by atoms with van der Waals surface area (Å²) in [7, 11) is 3.70. The number of hydrogen-bond donors (Lipinski definition) is 1. The van der Waals surface area contributed by atoms with E-state index in [1.807, 2.05) is 19.0 Å². The zero-order valence-corrected chi connectivity index (χ0v) is 12.6. The average Bonchev–Trinajstić information content (AvgIpc) is 2.45. The maximum Gasteiger partial charge on any atom is 0.340 e. The standard InChI is InChI=1S/C15H16ClN3O2/c1-19(2)14-4-3-11(17)7-12(14)15(20)21-9-10-5-6-18-8-13(10)16/h3-8H,9,17H2,1-2H3. The number of pyridine rings is 1. The molecule has 0 saturated carbocycles. The first-order valence-corrected chi connectivity index (χ1v) is 6.69. The summed E-state index contributed by atoms with van der Waals surface area (Å²) in [5.41, 5.74) is 8.12. The van der Waals surface area contributed by atoms with Crippen molar-refractivity contribution in [2.24, 2.45) is 0 Å². The van der Waals surface area contributed by atoms with Gasteiger partial charge in [0.1, 0.15) is 6.61 Å². The van der Waals surface area contributed by atoms with Crippen LogP contribution in [0.5, 0.6) is 0 Å². The molecule has 110 valence electrons. The summed E-state index contributed by atoms with van der Waals surface area (Å²) in [5.74, 6) is -0.445. The van der Waals surface area contributed by atoms with E-state index in [1.54, 1.807) is 30.5 Å². The van der Waals surface area contributed by atoms with E-state index in [0.717, 1.165) is 5.69 Å². The Bertz CT molecular complexity index is 659. The van der Waals surface area contributed by atoms with E-state index in [1.165, 1.54) is 6.20 Å². The fourth-order valence-electron chi connectivity index (χ4n) is 1.85. The van der Waals surface area contributed by atoms with Crippen molar-refractivity contribution in [2.75, 3.05) is 24.7 Å². The number of halogens is 1. The molecule has 2 rings (SSSR count). The monoisotopic (exact) mass is 305 g/mol. The zero-order valence-electron chi connectivity index (χ0n) is 11.8. The molecular weight excluding hydrogens is 290 g/mol. The summed E-state index contributed by atoms with van der Waals surface area (Å²) >= 11 is 5.98. The van der Waals surface area contributed by atoms with Crippen LogP contribution in [0.3, 0.4) is 0 Å². The highest BCUT2D eigenvalue weighted by molar-refractivity contribution is 6.31. The smallest absolute Gasteiger partial charge is 0.340 e. The largest absolute Gasteiger partial charge is 0.457 e. The molecule has 6 heteroatoms. The topological polar surface area (TPSA) is 68.5 Å². The van der Waals surface area contributed by atoms with Crippen molar-refractivity contribution in [2.45, 2.75) is 6.61 Å². The first-order valence-electron chi connectivity index (χ1n) is 6.31. The van der Waals surface area contributed by atoms with Crippen molar-refractivity contribution in [3.8, 4) is 0 Å². The molecule has 0 amide bonds. The molecule has 1 heterocycles. The van der Waals surface area contributed by atoms with Gasteiger partial charge in [0.05, 0.1) is 16.3 Å². The van der Waals surface area contributed by atoms with Crippen LogP contribution in [0.25, 0.3) is 0 Å². The number of carbonyl (C=O) groups is 1. The Balaban J connectivity index is 2.17. The van der Waals surface area contributed by atoms with Gasteiger partial charge >= 0.3 is 5.97 Å². The van der Waals surface area contributed by atoms with Gasteiger partial charge in [-0.15, -0.1) is 0 Å². The van der Waals surface area contributed by atoms with Gasteiger partial charge in [0.25, 0.3) is 0 Å². The molecule has 0 spiro atoms. The van der Waals surface area contributed by atoms with Crippen LogP contribution >= 0.6 is 11.6 Å². The van der Waals surface area contributed by atoms with Gasteiger partial charge in [0, 0.05) is 37.7 Å². The van der Waals surface area contributed by atoms with E-state index >= 15 is 0 Å². The van der Waals surface area contributed by atoms with Gasteiger partial charge in [0.15, 0.2) is 0 Å². The van der Waals surface area contributed by atoms with Gasteiger partial charge in [-0.2, -0.15) is 0 Å². The van der Waals surface area contributed by atoms with Crippen molar-refractivity contribution in [3.63, 3.8) is 0 Å². The summed E-state index contributed by atoms with van der Waals surface area (Å²) in [6, 6.07) is 6.84. The minimum atomic E-state index is -0.445. The van der Waals surface area contributed by atoms with Gasteiger partial charge in [-0.05, 0) is 24.3 Å². The predicted octanol–water partition coefficient (Wildman–Crippen LogP) is 2.74. The number of nitrogens with zero attached hydrogens (tertiary/aromatic N) is 2. The number of benzene rings is 1. The number of nitrogens with two attached hydrogens (primary N) is 1. The van der Waals surface area contributed by atoms with E-state index in [0.29, 0.717) is 21.8 Å². The van der Waals surface area contributed by atoms with Crippen molar-refractivity contribution >= 4 is 28.9 Å². The average molecular weight is 306 g/mol. The molecule has 1 aromatic carbocycles. The molecule has 0 aliphatic carbocycles. The maximum atomic E-state index is 12.2. The van der Waals surface area contributed by atoms with Crippen LogP contribution in [0.4, 0.5) is 11.4 Å². The Morgan fingerprint density at radius 2 is 2.14 bits per heavy atom. The van der Waals surface area contributed by atoms with Crippen molar-refractivity contribution in [3.05, 3.63) is 52.8 Å². The van der Waals surface area contributed by atoms with Gasteiger partial charge in [-0.1, -0.05) is 11.6 Å². The fourth-order valence-corrected chi connectivity index (χ4v) is 2.02. The lowest BCUT2D eigenvalue weighted by atomic mass is 10.1. The lowest BCUT2D eigenvalue weighted by molar-refractivity contribution is 0.0473. The molecule has 0 aliphatic heterocycles. The molecule has 0 unspecified atom stereocenters. The van der Waals surface area contributed by atoms with E-state index in [4.69, 9.17) is 22.1 Å². The summed E-state index contributed by atoms with van der Waals surface area (Å²) in [4.78, 5) is 18.0. The second kappa shape index (κ2) is 6.45. The van der Waals surface area contributed by atoms with Gasteiger partial charge in [-0.3, -0.25) is 4.98 Å². The third-order valence-corrected chi connectivity index (χ3v) is 3.28. The number of hydrogen-bond acceptors (Lipinski definition) is 5. The number of anilines is 2. The van der Waals surface area contributed by atoms with Crippen LogP contribution in [0.15, 0.2) is 36.7 Å². The van der Waals surface area contributed by atoms with E-state index in [2.05, 4.69) is 4.98 Å². The van der Waals surface area contributed by atoms with Crippen LogP contribution in [0.1, 0.15) is 15.9 Å². The van der Waals surface area contributed by atoms with Crippen LogP contribution in [0.2, 0.25) is 5.02 Å². The lowest BCUT2D eigenvalue weighted by Crippen LogP contribution is -2.16. The molecule has 0 atom stereocenters. The third-order valence-electron chi connectivity index (χ3n) is 2.94. The van der Waals surface area contributed by atoms with E-state index < -0.39 is 5.97 Å². The predicted molar refractivity (Wildman–Crippen MR) is 83.5 cm³/mol. The number of carbonyl (C=O) groups excluding carboxylic acids is 1. The molecule has 0 fully saturated rings. The van der Waals surface area contributed by atoms with E-state index in [9.17, 15) is 4.79 Å². The molecule has 2 aromatic rings. The highest BCUT2D eigenvalue weighted by Gasteiger charge is 2.15. The number of nitrogen functional groups attached to an aromatic ring is 1. The van der Waals surface area contributed by atoms with Gasteiger partial charge in [0.2, 0.25) is 0 Å². The minimum absolute atomic E-state index is 0.0852. The molecule has 0 radical (unpaired) electrons. The van der Waals surface area contributed by atoms with Crippen molar-refractivity contribution in [1.29, 1.82) is 0 Å². The number of ether oxygens (including phenoxy) is 1. The fraction of sp³-hybridized carbons (Fsp3) is 0.200. The van der Waals surface area contributed by atoms with Crippen LogP contribution < -0.4 is 10.6 Å². The summed E-state index contributed by atoms with van der Waals surface area (Å²) in [6.45, 7) is 0.0852. The van der Waals surface area contributed by atoms with Gasteiger partial charge < -0.3 is 15.4 Å². The molecule has 1 aromatic heterocycles. The minimum Gasteiger partial charge on any atom is -0.457 e. The first-order chi connectivity index (χ1) is 9.99. The number of aromatic nitrogens is 1. The molecular formula is C15H16ClN3O2. The lowest BCUT2D eigenvalue weighted by Gasteiger charge is -2.17. The number of esters is 1. The summed E-state index contributed by atoms with van der Waals surface area (Å²) < 4.78 is 5.31. The quantitative estimate of drug-likeness (QED) is 0.695. The summed E-state index contributed by atoms with van der Waals surface area (Å²) in [6.07, 6.45) is 3.11. The Hall–Kier alpha value is -2.27. The molecule has 0 aliphatic rings. The molecule has 0 saturated heterocycles. The Morgan fingerprint density at radius 3 is 2.81 bits per heavy atom. The van der Waals surface area contributed by atoms with E-state index in [-0.39, 0.29) is 6.61 Å². The Labute approximate surface area is 128 Å². The highest BCUT2D eigenvalue weighted by atomic mass is 35.5. The van der Waals surface area contributed by atoms with Crippen molar-refractivity contribution < 1.29 is 9.53 Å². The van der Waals surface area contributed by atoms with Gasteiger partial charge in [-0.25, -0.2) is 4.79 Å². The second-order valence-electron chi connectivity index (χ2n) is 4.71.